The molecule has 0 bridgehead atoms. The number of rotatable bonds is 2. The number of halogens is 4. The Hall–Kier alpha value is -1.10. The van der Waals surface area contributed by atoms with Crippen molar-refractivity contribution in [3.05, 3.63) is 35.4 Å². The smallest absolute Gasteiger partial charge is 0.311 e. The lowest BCUT2D eigenvalue weighted by molar-refractivity contribution is -0.137. The zero-order chi connectivity index (χ0) is 11.8. The van der Waals surface area contributed by atoms with Crippen LogP contribution in [-0.2, 0) is 6.18 Å². The highest BCUT2D eigenvalue weighted by Crippen LogP contribution is 2.33. The molecule has 1 fully saturated rings. The Morgan fingerprint density at radius 1 is 1.31 bits per heavy atom. The summed E-state index contributed by atoms with van der Waals surface area (Å²) in [6.07, 6.45) is -5.11. The van der Waals surface area contributed by atoms with Crippen LogP contribution in [-0.4, -0.2) is 12.6 Å². The van der Waals surface area contributed by atoms with Crippen LogP contribution in [0.3, 0.4) is 0 Å². The minimum absolute atomic E-state index is 0.0898. The molecule has 1 saturated heterocycles. The fourth-order valence-electron chi connectivity index (χ4n) is 1.68. The maximum Gasteiger partial charge on any atom is 0.416 e. The van der Waals surface area contributed by atoms with E-state index in [0.717, 1.165) is 18.7 Å². The molecule has 1 heterocycles. The lowest BCUT2D eigenvalue weighted by atomic mass is 9.95. The van der Waals surface area contributed by atoms with Crippen molar-refractivity contribution in [3.8, 4) is 0 Å². The lowest BCUT2D eigenvalue weighted by Gasteiger charge is -2.31. The van der Waals surface area contributed by atoms with Crippen molar-refractivity contribution >= 4 is 0 Å². The zero-order valence-electron chi connectivity index (χ0n) is 8.39. The minimum Gasteiger partial charge on any atom is -0.311 e. The van der Waals surface area contributed by atoms with E-state index in [9.17, 15) is 17.6 Å². The van der Waals surface area contributed by atoms with Gasteiger partial charge in [0.2, 0.25) is 0 Å². The number of nitrogens with one attached hydrogen (secondary N) is 1. The van der Waals surface area contributed by atoms with Crippen LogP contribution >= 0.6 is 0 Å². The molecule has 0 saturated carbocycles. The molecule has 88 valence electrons. The molecule has 0 aromatic heterocycles. The quantitative estimate of drug-likeness (QED) is 0.774. The van der Waals surface area contributed by atoms with Crippen molar-refractivity contribution in [1.29, 1.82) is 0 Å². The van der Waals surface area contributed by atoms with Crippen molar-refractivity contribution in [1.82, 2.24) is 5.32 Å². The third-order valence-electron chi connectivity index (χ3n) is 2.75. The van der Waals surface area contributed by atoms with Gasteiger partial charge in [0, 0.05) is 6.04 Å². The van der Waals surface area contributed by atoms with Crippen molar-refractivity contribution < 1.29 is 17.6 Å². The molecule has 0 aliphatic carbocycles. The normalized spacial score (nSPS) is 22.6. The first-order chi connectivity index (χ1) is 7.48. The van der Waals surface area contributed by atoms with Crippen LogP contribution in [0.4, 0.5) is 17.6 Å². The SMILES string of the molecule is FC(c1cccc(C(F)(F)F)c1)C1CCN1. The highest BCUT2D eigenvalue weighted by atomic mass is 19.4. The van der Waals surface area contributed by atoms with Crippen LogP contribution in [0, 0.1) is 0 Å². The van der Waals surface area contributed by atoms with Gasteiger partial charge in [0.1, 0.15) is 6.17 Å². The standard InChI is InChI=1S/C11H11F4N/c12-10(9-4-5-16-9)7-2-1-3-8(6-7)11(13,14)15/h1-3,6,9-10,16H,4-5H2. The van der Waals surface area contributed by atoms with E-state index >= 15 is 0 Å². The van der Waals surface area contributed by atoms with Crippen LogP contribution in [0.1, 0.15) is 23.7 Å². The molecule has 1 aliphatic rings. The van der Waals surface area contributed by atoms with Gasteiger partial charge >= 0.3 is 6.18 Å². The first kappa shape index (κ1) is 11.4. The third-order valence-corrected chi connectivity index (χ3v) is 2.75. The monoisotopic (exact) mass is 233 g/mol. The van der Waals surface area contributed by atoms with Crippen LogP contribution in [0.15, 0.2) is 24.3 Å². The molecule has 2 atom stereocenters. The van der Waals surface area contributed by atoms with Gasteiger partial charge in [-0.15, -0.1) is 0 Å². The van der Waals surface area contributed by atoms with Crippen molar-refractivity contribution in [2.24, 2.45) is 0 Å². The molecular formula is C11H11F4N. The van der Waals surface area contributed by atoms with Gasteiger partial charge in [0.25, 0.3) is 0 Å². The fraction of sp³-hybridized carbons (Fsp3) is 0.455. The summed E-state index contributed by atoms with van der Waals surface area (Å²) in [5, 5.41) is 2.85. The van der Waals surface area contributed by atoms with Crippen molar-refractivity contribution in [2.75, 3.05) is 6.54 Å². The number of hydrogen-bond donors (Lipinski definition) is 1. The minimum atomic E-state index is -4.41. The average molecular weight is 233 g/mol. The van der Waals surface area contributed by atoms with Gasteiger partial charge in [-0.05, 0) is 30.7 Å². The predicted molar refractivity (Wildman–Crippen MR) is 51.7 cm³/mol. The summed E-state index contributed by atoms with van der Waals surface area (Å²) in [5.41, 5.74) is -0.709. The van der Waals surface area contributed by atoms with Crippen LogP contribution < -0.4 is 5.32 Å². The van der Waals surface area contributed by atoms with Crippen LogP contribution in [0.5, 0.6) is 0 Å². The van der Waals surface area contributed by atoms with Gasteiger partial charge in [-0.1, -0.05) is 12.1 Å². The second-order valence-electron chi connectivity index (χ2n) is 3.87. The second-order valence-corrected chi connectivity index (χ2v) is 3.87. The van der Waals surface area contributed by atoms with Gasteiger partial charge in [-0.25, -0.2) is 4.39 Å². The molecular weight excluding hydrogens is 222 g/mol. The van der Waals surface area contributed by atoms with Gasteiger partial charge in [0.15, 0.2) is 0 Å². The summed E-state index contributed by atoms with van der Waals surface area (Å²) in [7, 11) is 0. The van der Waals surface area contributed by atoms with Crippen molar-refractivity contribution in [3.63, 3.8) is 0 Å². The summed E-state index contributed by atoms with van der Waals surface area (Å²) in [4.78, 5) is 0. The molecule has 1 nitrogen and oxygen atoms in total. The van der Waals surface area contributed by atoms with E-state index in [4.69, 9.17) is 0 Å². The summed E-state index contributed by atoms with van der Waals surface area (Å²) in [6.45, 7) is 0.726. The Morgan fingerprint density at radius 3 is 2.50 bits per heavy atom. The number of alkyl halides is 4. The van der Waals surface area contributed by atoms with Gasteiger partial charge in [0.05, 0.1) is 5.56 Å². The van der Waals surface area contributed by atoms with E-state index in [0.29, 0.717) is 6.42 Å². The van der Waals surface area contributed by atoms with E-state index in [1.165, 1.54) is 12.1 Å². The molecule has 2 unspecified atom stereocenters. The summed E-state index contributed by atoms with van der Waals surface area (Å²) in [5.74, 6) is 0. The van der Waals surface area contributed by atoms with Crippen LogP contribution in [0.25, 0.3) is 0 Å². The number of hydrogen-bond acceptors (Lipinski definition) is 1. The molecule has 0 radical (unpaired) electrons. The average Bonchev–Trinajstić information content (AvgIpc) is 2.14. The Labute approximate surface area is 90.5 Å². The topological polar surface area (TPSA) is 12.0 Å². The van der Waals surface area contributed by atoms with Gasteiger partial charge < -0.3 is 5.32 Å². The number of benzene rings is 1. The van der Waals surface area contributed by atoms with Gasteiger partial charge in [-0.3, -0.25) is 0 Å². The Morgan fingerprint density at radius 2 is 2.00 bits per heavy atom. The van der Waals surface area contributed by atoms with E-state index < -0.39 is 17.9 Å². The van der Waals surface area contributed by atoms with E-state index in [1.807, 2.05) is 0 Å². The highest BCUT2D eigenvalue weighted by Gasteiger charge is 2.33. The molecule has 16 heavy (non-hydrogen) atoms. The summed E-state index contributed by atoms with van der Waals surface area (Å²) in [6, 6.07) is 4.11. The summed E-state index contributed by atoms with van der Waals surface area (Å²) < 4.78 is 50.9. The Kier molecular flexibility index (Phi) is 2.88. The second kappa shape index (κ2) is 4.05. The summed E-state index contributed by atoms with van der Waals surface area (Å²) >= 11 is 0. The molecule has 2 rings (SSSR count). The van der Waals surface area contributed by atoms with Crippen LogP contribution in [0.2, 0.25) is 0 Å². The Balaban J connectivity index is 2.21. The molecule has 1 aromatic carbocycles. The first-order valence-electron chi connectivity index (χ1n) is 5.03. The highest BCUT2D eigenvalue weighted by molar-refractivity contribution is 5.28. The molecule has 1 aromatic rings. The maximum atomic E-state index is 13.7. The first-order valence-corrected chi connectivity index (χ1v) is 5.03. The Bertz CT molecular complexity index is 370. The van der Waals surface area contributed by atoms with E-state index in [2.05, 4.69) is 5.32 Å². The maximum absolute atomic E-state index is 13.7. The zero-order valence-corrected chi connectivity index (χ0v) is 8.39. The van der Waals surface area contributed by atoms with Crippen molar-refractivity contribution in [2.45, 2.75) is 24.8 Å². The molecule has 0 amide bonds. The van der Waals surface area contributed by atoms with E-state index in [1.54, 1.807) is 0 Å². The molecule has 5 heteroatoms. The molecule has 0 spiro atoms. The third kappa shape index (κ3) is 2.19. The van der Waals surface area contributed by atoms with E-state index in [-0.39, 0.29) is 11.6 Å². The predicted octanol–water partition coefficient (Wildman–Crippen LogP) is 3.08. The molecule has 1 aliphatic heterocycles. The fourth-order valence-corrected chi connectivity index (χ4v) is 1.68. The molecule has 1 N–H and O–H groups in total. The van der Waals surface area contributed by atoms with Gasteiger partial charge in [-0.2, -0.15) is 13.2 Å². The lowest BCUT2D eigenvalue weighted by Crippen LogP contribution is -2.45. The largest absolute Gasteiger partial charge is 0.416 e.